The first kappa shape index (κ1) is 20.4. The van der Waals surface area contributed by atoms with Gasteiger partial charge in [-0.1, -0.05) is 48.9 Å². The van der Waals surface area contributed by atoms with Crippen molar-refractivity contribution in [2.45, 2.75) is 20.4 Å². The Kier molecular flexibility index (Phi) is 6.52. The first-order valence-electron chi connectivity index (χ1n) is 8.88. The van der Waals surface area contributed by atoms with Gasteiger partial charge in [0.05, 0.1) is 11.9 Å². The number of hydrogen-bond donors (Lipinski definition) is 2. The first-order valence-corrected chi connectivity index (χ1v) is 9.26. The van der Waals surface area contributed by atoms with Gasteiger partial charge in [0.2, 0.25) is 11.6 Å². The molecule has 3 N–H and O–H groups in total. The number of aromatic nitrogens is 5. The minimum atomic E-state index is -0.531. The Hall–Kier alpha value is -3.31. The number of benzene rings is 1. The predicted molar refractivity (Wildman–Crippen MR) is 107 cm³/mol. The van der Waals surface area contributed by atoms with Crippen molar-refractivity contribution in [2.24, 2.45) is 5.10 Å². The summed E-state index contributed by atoms with van der Waals surface area (Å²) in [5, 5.41) is 19.8. The Morgan fingerprint density at radius 1 is 1.34 bits per heavy atom. The molecular weight excluding hydrogens is 398 g/mol. The van der Waals surface area contributed by atoms with Crippen LogP contribution in [0.1, 0.15) is 35.6 Å². The van der Waals surface area contributed by atoms with Gasteiger partial charge in [-0.05, 0) is 29.5 Å². The fourth-order valence-electron chi connectivity index (χ4n) is 2.58. The van der Waals surface area contributed by atoms with Gasteiger partial charge in [0, 0.05) is 17.1 Å². The molecule has 0 unspecified atom stereocenters. The molecule has 0 aliphatic heterocycles. The maximum Gasteiger partial charge on any atom is 0.293 e. The maximum absolute atomic E-state index is 12.7. The maximum atomic E-state index is 12.7. The van der Waals surface area contributed by atoms with Crippen molar-refractivity contribution in [3.05, 3.63) is 46.2 Å². The van der Waals surface area contributed by atoms with Crippen LogP contribution in [0.3, 0.4) is 0 Å². The van der Waals surface area contributed by atoms with Gasteiger partial charge in [-0.3, -0.25) is 9.69 Å². The molecule has 0 aliphatic rings. The third-order valence-corrected chi connectivity index (χ3v) is 4.56. The third-order valence-electron chi connectivity index (χ3n) is 4.22. The van der Waals surface area contributed by atoms with E-state index in [1.54, 1.807) is 18.2 Å². The van der Waals surface area contributed by atoms with Crippen molar-refractivity contribution in [1.29, 1.82) is 0 Å². The molecule has 3 aromatic rings. The fraction of sp³-hybridized carbons (Fsp3) is 0.294. The SMILES string of the molecule is CCN(CC)Cc1c(C(=O)N/N=C\c2ccccc2Cl)nnn1-c1nonc1N. The highest BCUT2D eigenvalue weighted by Gasteiger charge is 2.24. The minimum absolute atomic E-state index is 0.0411. The molecule has 1 amide bonds. The molecule has 0 radical (unpaired) electrons. The molecule has 1 aromatic carbocycles. The van der Waals surface area contributed by atoms with Crippen LogP contribution in [0.15, 0.2) is 34.0 Å². The number of carbonyl (C=O) groups excluding carboxylic acids is 1. The quantitative estimate of drug-likeness (QED) is 0.415. The van der Waals surface area contributed by atoms with Crippen LogP contribution in [0.5, 0.6) is 0 Å². The van der Waals surface area contributed by atoms with Crippen molar-refractivity contribution in [1.82, 2.24) is 35.6 Å². The Bertz CT molecular complexity index is 1010. The van der Waals surface area contributed by atoms with E-state index in [-0.39, 0.29) is 17.3 Å². The highest BCUT2D eigenvalue weighted by molar-refractivity contribution is 6.33. The number of carbonyl (C=O) groups is 1. The van der Waals surface area contributed by atoms with E-state index in [2.05, 4.69) is 40.7 Å². The van der Waals surface area contributed by atoms with E-state index in [1.165, 1.54) is 10.9 Å². The highest BCUT2D eigenvalue weighted by Crippen LogP contribution is 2.17. The summed E-state index contributed by atoms with van der Waals surface area (Å²) in [6.07, 6.45) is 1.45. The normalized spacial score (nSPS) is 11.4. The van der Waals surface area contributed by atoms with E-state index < -0.39 is 5.91 Å². The van der Waals surface area contributed by atoms with Crippen LogP contribution in [0.25, 0.3) is 5.82 Å². The molecule has 11 nitrogen and oxygen atoms in total. The van der Waals surface area contributed by atoms with Crippen molar-refractivity contribution in [2.75, 3.05) is 18.8 Å². The highest BCUT2D eigenvalue weighted by atomic mass is 35.5. The molecule has 12 heteroatoms. The molecule has 0 atom stereocenters. The molecule has 0 aliphatic carbocycles. The summed E-state index contributed by atoms with van der Waals surface area (Å²) in [6.45, 7) is 5.94. The van der Waals surface area contributed by atoms with E-state index >= 15 is 0 Å². The largest absolute Gasteiger partial charge is 0.378 e. The summed E-state index contributed by atoms with van der Waals surface area (Å²) in [7, 11) is 0. The number of nitrogen functional groups attached to an aromatic ring is 1. The van der Waals surface area contributed by atoms with Crippen molar-refractivity contribution >= 4 is 29.5 Å². The molecule has 2 heterocycles. The Morgan fingerprint density at radius 3 is 2.76 bits per heavy atom. The minimum Gasteiger partial charge on any atom is -0.378 e. The number of anilines is 1. The second-order valence-electron chi connectivity index (χ2n) is 5.95. The molecule has 2 aromatic heterocycles. The summed E-state index contributed by atoms with van der Waals surface area (Å²) in [4.78, 5) is 14.8. The van der Waals surface area contributed by atoms with Crippen LogP contribution in [-0.2, 0) is 6.54 Å². The van der Waals surface area contributed by atoms with Crippen LogP contribution in [0, 0.1) is 0 Å². The number of nitrogens with two attached hydrogens (primary N) is 1. The number of halogens is 1. The van der Waals surface area contributed by atoms with Gasteiger partial charge in [0.25, 0.3) is 5.91 Å². The van der Waals surface area contributed by atoms with Gasteiger partial charge in [0.1, 0.15) is 0 Å². The van der Waals surface area contributed by atoms with Crippen LogP contribution < -0.4 is 11.2 Å². The lowest BCUT2D eigenvalue weighted by atomic mass is 10.2. The standard InChI is InChI=1S/C17H20ClN9O2/c1-3-26(4-2)10-13-14(21-25-27(13)16-15(19)23-29-24-16)17(28)22-20-9-11-7-5-6-8-12(11)18/h5-9H,3-4,10H2,1-2H3,(H2,19,23)(H,22,28)/b20-9-. The van der Waals surface area contributed by atoms with Gasteiger partial charge in [0.15, 0.2) is 5.69 Å². The summed E-state index contributed by atoms with van der Waals surface area (Å²) >= 11 is 6.08. The number of rotatable bonds is 8. The average Bonchev–Trinajstić information content (AvgIpc) is 3.33. The number of nitrogens with zero attached hydrogens (tertiary/aromatic N) is 7. The lowest BCUT2D eigenvalue weighted by Crippen LogP contribution is -2.27. The second-order valence-corrected chi connectivity index (χ2v) is 6.36. The predicted octanol–water partition coefficient (Wildman–Crippen LogP) is 1.49. The van der Waals surface area contributed by atoms with E-state index in [4.69, 9.17) is 17.3 Å². The van der Waals surface area contributed by atoms with E-state index in [0.29, 0.717) is 22.8 Å². The fourth-order valence-corrected chi connectivity index (χ4v) is 2.76. The van der Waals surface area contributed by atoms with E-state index in [0.717, 1.165) is 13.1 Å². The Labute approximate surface area is 171 Å². The molecule has 0 fully saturated rings. The summed E-state index contributed by atoms with van der Waals surface area (Å²) in [5.74, 6) is -0.325. The van der Waals surface area contributed by atoms with Gasteiger partial charge >= 0.3 is 0 Å². The zero-order valence-electron chi connectivity index (χ0n) is 15.9. The topological polar surface area (TPSA) is 140 Å². The summed E-state index contributed by atoms with van der Waals surface area (Å²) in [6, 6.07) is 7.13. The van der Waals surface area contributed by atoms with E-state index in [9.17, 15) is 4.79 Å². The zero-order chi connectivity index (χ0) is 20.8. The second kappa shape index (κ2) is 9.26. The van der Waals surface area contributed by atoms with E-state index in [1.807, 2.05) is 19.9 Å². The van der Waals surface area contributed by atoms with Crippen LogP contribution in [0.4, 0.5) is 5.82 Å². The molecule has 0 saturated carbocycles. The average molecular weight is 418 g/mol. The van der Waals surface area contributed by atoms with Crippen molar-refractivity contribution in [3.8, 4) is 5.82 Å². The van der Waals surface area contributed by atoms with Crippen molar-refractivity contribution < 1.29 is 9.42 Å². The monoisotopic (exact) mass is 417 g/mol. The molecule has 0 bridgehead atoms. The smallest absolute Gasteiger partial charge is 0.293 e. The number of amides is 1. The molecular formula is C17H20ClN9O2. The number of hydrazone groups is 1. The third kappa shape index (κ3) is 4.58. The van der Waals surface area contributed by atoms with Crippen LogP contribution >= 0.6 is 11.6 Å². The number of hydrogen-bond acceptors (Lipinski definition) is 9. The van der Waals surface area contributed by atoms with Gasteiger partial charge in [-0.15, -0.1) is 5.10 Å². The Balaban J connectivity index is 1.87. The first-order chi connectivity index (χ1) is 14.0. The van der Waals surface area contributed by atoms with Gasteiger partial charge in [-0.25, -0.2) is 10.1 Å². The summed E-state index contributed by atoms with van der Waals surface area (Å²) in [5.41, 5.74) is 9.47. The van der Waals surface area contributed by atoms with Gasteiger partial charge < -0.3 is 5.73 Å². The van der Waals surface area contributed by atoms with Crippen LogP contribution in [0.2, 0.25) is 5.02 Å². The molecule has 0 spiro atoms. The summed E-state index contributed by atoms with van der Waals surface area (Å²) < 4.78 is 5.99. The molecule has 152 valence electrons. The van der Waals surface area contributed by atoms with Crippen molar-refractivity contribution in [3.63, 3.8) is 0 Å². The lowest BCUT2D eigenvalue weighted by molar-refractivity contribution is 0.0948. The molecule has 0 saturated heterocycles. The van der Waals surface area contributed by atoms with Crippen LogP contribution in [-0.4, -0.2) is 55.4 Å². The molecule has 3 rings (SSSR count). The zero-order valence-corrected chi connectivity index (χ0v) is 16.7. The van der Waals surface area contributed by atoms with Gasteiger partial charge in [-0.2, -0.15) is 9.78 Å². The Morgan fingerprint density at radius 2 is 2.10 bits per heavy atom. The number of nitrogens with one attached hydrogen (secondary N) is 1. The molecule has 29 heavy (non-hydrogen) atoms. The lowest BCUT2D eigenvalue weighted by Gasteiger charge is -2.18.